The number of hydrogen-bond donors (Lipinski definition) is 7. The molecule has 0 bridgehead atoms. The van der Waals surface area contributed by atoms with E-state index >= 15 is 0 Å². The van der Waals surface area contributed by atoms with E-state index in [2.05, 4.69) is 0 Å². The van der Waals surface area contributed by atoms with Crippen LogP contribution in [0.5, 0.6) is 17.2 Å². The SMILES string of the molecule is COc1ccc(-c2cc(=O)c3ccc(O[C@@H]4O[C@H](CO)[C@@H](O)[C@H](O[C@@H]5O[C@H](CO)[C@@H](O)[C@H](O)[C@H]5O)[C@H]4O)c(OC)c3o2)cc1. The largest absolute Gasteiger partial charge is 0.497 e. The van der Waals surface area contributed by atoms with Crippen molar-refractivity contribution in [2.24, 2.45) is 0 Å². The minimum absolute atomic E-state index is 0.0242. The van der Waals surface area contributed by atoms with Gasteiger partial charge in [-0.1, -0.05) is 0 Å². The van der Waals surface area contributed by atoms with E-state index in [1.165, 1.54) is 32.4 Å². The predicted molar refractivity (Wildman–Crippen MR) is 148 cm³/mol. The number of ether oxygens (including phenoxy) is 6. The van der Waals surface area contributed by atoms with Crippen LogP contribution in [0.1, 0.15) is 0 Å². The molecule has 15 nitrogen and oxygen atoms in total. The molecule has 0 radical (unpaired) electrons. The molecular formula is C29H34O15. The maximum atomic E-state index is 13.0. The normalized spacial score (nSPS) is 32.4. The van der Waals surface area contributed by atoms with E-state index in [-0.39, 0.29) is 33.7 Å². The van der Waals surface area contributed by atoms with E-state index in [9.17, 15) is 40.5 Å². The van der Waals surface area contributed by atoms with Gasteiger partial charge in [-0.2, -0.15) is 0 Å². The Labute approximate surface area is 249 Å². The van der Waals surface area contributed by atoms with Gasteiger partial charge in [0, 0.05) is 11.6 Å². The van der Waals surface area contributed by atoms with E-state index in [0.29, 0.717) is 11.3 Å². The summed E-state index contributed by atoms with van der Waals surface area (Å²) in [5.74, 6) is 0.768. The van der Waals surface area contributed by atoms with E-state index in [0.717, 1.165) is 0 Å². The number of methoxy groups -OCH3 is 2. The van der Waals surface area contributed by atoms with Gasteiger partial charge in [0.25, 0.3) is 0 Å². The molecule has 0 aliphatic carbocycles. The first kappa shape index (κ1) is 32.1. The summed E-state index contributed by atoms with van der Waals surface area (Å²) in [6.07, 6.45) is -16.4. The van der Waals surface area contributed by atoms with Crippen LogP contribution >= 0.6 is 0 Å². The zero-order valence-electron chi connectivity index (χ0n) is 23.6. The molecule has 1 aromatic heterocycles. The highest BCUT2D eigenvalue weighted by Gasteiger charge is 2.51. The van der Waals surface area contributed by atoms with Crippen LogP contribution in [0.25, 0.3) is 22.3 Å². The Bertz CT molecular complexity index is 1470. The van der Waals surface area contributed by atoms with Crippen molar-refractivity contribution in [3.63, 3.8) is 0 Å². The molecule has 240 valence electrons. The van der Waals surface area contributed by atoms with Crippen molar-refractivity contribution in [1.29, 1.82) is 0 Å². The average Bonchev–Trinajstić information content (AvgIpc) is 3.03. The fourth-order valence-corrected chi connectivity index (χ4v) is 5.13. The Hall–Kier alpha value is -3.35. The molecule has 3 aromatic rings. The quantitative estimate of drug-likeness (QED) is 0.144. The Kier molecular flexibility index (Phi) is 9.71. The van der Waals surface area contributed by atoms with Gasteiger partial charge in [0.15, 0.2) is 23.1 Å². The van der Waals surface area contributed by atoms with Crippen molar-refractivity contribution in [2.45, 2.75) is 61.4 Å². The van der Waals surface area contributed by atoms with Crippen molar-refractivity contribution < 1.29 is 68.6 Å². The lowest BCUT2D eigenvalue weighted by Gasteiger charge is -2.45. The third kappa shape index (κ3) is 5.99. The van der Waals surface area contributed by atoms with E-state index in [1.54, 1.807) is 24.3 Å². The number of aliphatic hydroxyl groups is 7. The lowest BCUT2D eigenvalue weighted by molar-refractivity contribution is -0.352. The van der Waals surface area contributed by atoms with E-state index < -0.39 is 74.6 Å². The lowest BCUT2D eigenvalue weighted by Crippen LogP contribution is -2.65. The van der Waals surface area contributed by atoms with Gasteiger partial charge in [0.2, 0.25) is 12.0 Å². The first-order valence-corrected chi connectivity index (χ1v) is 13.7. The highest BCUT2D eigenvalue weighted by molar-refractivity contribution is 5.86. The van der Waals surface area contributed by atoms with Gasteiger partial charge in [-0.3, -0.25) is 4.79 Å². The highest BCUT2D eigenvalue weighted by Crippen LogP contribution is 2.39. The van der Waals surface area contributed by atoms with Crippen LogP contribution in [-0.2, 0) is 14.2 Å². The first-order chi connectivity index (χ1) is 21.1. The summed E-state index contributed by atoms with van der Waals surface area (Å²) in [5, 5.41) is 72.0. The van der Waals surface area contributed by atoms with Crippen molar-refractivity contribution in [3.8, 4) is 28.6 Å². The van der Waals surface area contributed by atoms with Crippen LogP contribution in [0.3, 0.4) is 0 Å². The van der Waals surface area contributed by atoms with Crippen LogP contribution in [0.4, 0.5) is 0 Å². The van der Waals surface area contributed by atoms with Crippen LogP contribution in [0.15, 0.2) is 51.7 Å². The number of fused-ring (bicyclic) bond motifs is 1. The van der Waals surface area contributed by atoms with Gasteiger partial charge in [-0.15, -0.1) is 0 Å². The number of rotatable bonds is 9. The highest BCUT2D eigenvalue weighted by atomic mass is 16.7. The standard InChI is InChI=1S/C29H34O15/c1-38-13-5-3-12(4-6-13)17-9-15(32)14-7-8-16(26(39-2)25(14)40-17)41-29-24(37)27(21(34)19(11-31)43-29)44-28-23(36)22(35)20(33)18(10-30)42-28/h3-9,18-24,27-31,33-37H,10-11H2,1-2H3/t18-,19-,20-,21-,22+,23-,24-,27+,28+,29-/m1/s1. The second kappa shape index (κ2) is 13.3. The van der Waals surface area contributed by atoms with Crippen LogP contribution in [0.2, 0.25) is 0 Å². The van der Waals surface area contributed by atoms with Crippen molar-refractivity contribution in [3.05, 3.63) is 52.7 Å². The molecule has 2 aliphatic rings. The molecule has 2 aliphatic heterocycles. The molecule has 7 N–H and O–H groups in total. The molecule has 2 aromatic carbocycles. The summed E-state index contributed by atoms with van der Waals surface area (Å²) in [4.78, 5) is 13.0. The summed E-state index contributed by atoms with van der Waals surface area (Å²) >= 11 is 0. The second-order valence-corrected chi connectivity index (χ2v) is 10.3. The van der Waals surface area contributed by atoms with Crippen molar-refractivity contribution >= 4 is 11.0 Å². The number of hydrogen-bond acceptors (Lipinski definition) is 15. The van der Waals surface area contributed by atoms with Gasteiger partial charge >= 0.3 is 0 Å². The molecular weight excluding hydrogens is 588 g/mol. The molecule has 44 heavy (non-hydrogen) atoms. The Morgan fingerprint density at radius 2 is 1.41 bits per heavy atom. The third-order valence-corrected chi connectivity index (χ3v) is 7.60. The molecule has 2 fully saturated rings. The molecule has 5 rings (SSSR count). The zero-order valence-corrected chi connectivity index (χ0v) is 23.6. The molecule has 0 amide bonds. The molecule has 0 saturated carbocycles. The maximum Gasteiger partial charge on any atom is 0.229 e. The molecule has 0 spiro atoms. The minimum Gasteiger partial charge on any atom is -0.497 e. The van der Waals surface area contributed by atoms with E-state index in [1.807, 2.05) is 0 Å². The summed E-state index contributed by atoms with van der Waals surface area (Å²) in [5.41, 5.74) is 0.242. The summed E-state index contributed by atoms with van der Waals surface area (Å²) in [6.45, 7) is -1.47. The topological polar surface area (TPSA) is 227 Å². The second-order valence-electron chi connectivity index (χ2n) is 10.3. The molecule has 0 unspecified atom stereocenters. The van der Waals surface area contributed by atoms with Gasteiger partial charge in [-0.25, -0.2) is 0 Å². The summed E-state index contributed by atoms with van der Waals surface area (Å²) in [6, 6.07) is 10.9. The molecule has 2 saturated heterocycles. The van der Waals surface area contributed by atoms with Gasteiger partial charge in [-0.05, 0) is 36.4 Å². The predicted octanol–water partition coefficient (Wildman–Crippen LogP) is -1.52. The average molecular weight is 623 g/mol. The fourth-order valence-electron chi connectivity index (χ4n) is 5.13. The molecule has 3 heterocycles. The Morgan fingerprint density at radius 3 is 2.05 bits per heavy atom. The van der Waals surface area contributed by atoms with Gasteiger partial charge in [0.1, 0.15) is 60.3 Å². The first-order valence-electron chi connectivity index (χ1n) is 13.7. The van der Waals surface area contributed by atoms with Crippen molar-refractivity contribution in [2.75, 3.05) is 27.4 Å². The number of benzene rings is 2. The monoisotopic (exact) mass is 622 g/mol. The summed E-state index contributed by atoms with van der Waals surface area (Å²) in [7, 11) is 2.84. The Balaban J connectivity index is 1.45. The van der Waals surface area contributed by atoms with Crippen molar-refractivity contribution in [1.82, 2.24) is 0 Å². The van der Waals surface area contributed by atoms with E-state index in [4.69, 9.17) is 32.8 Å². The van der Waals surface area contributed by atoms with Crippen LogP contribution < -0.4 is 19.6 Å². The smallest absolute Gasteiger partial charge is 0.229 e. The number of aliphatic hydroxyl groups excluding tert-OH is 7. The third-order valence-electron chi connectivity index (χ3n) is 7.60. The zero-order chi connectivity index (χ0) is 31.7. The van der Waals surface area contributed by atoms with Crippen LogP contribution in [-0.4, -0.2) is 125 Å². The maximum absolute atomic E-state index is 13.0. The summed E-state index contributed by atoms with van der Waals surface area (Å²) < 4.78 is 39.2. The Morgan fingerprint density at radius 1 is 0.750 bits per heavy atom. The van der Waals surface area contributed by atoms with Gasteiger partial charge in [0.05, 0.1) is 32.8 Å². The molecule has 15 heteroatoms. The lowest BCUT2D eigenvalue weighted by atomic mass is 9.97. The molecule has 10 atom stereocenters. The van der Waals surface area contributed by atoms with Gasteiger partial charge < -0.3 is 68.6 Å². The van der Waals surface area contributed by atoms with Crippen LogP contribution in [0, 0.1) is 0 Å². The fraction of sp³-hybridized carbons (Fsp3) is 0.483. The minimum atomic E-state index is -1.83.